The molecule has 0 saturated heterocycles. The lowest BCUT2D eigenvalue weighted by molar-refractivity contribution is -0.0172. The van der Waals surface area contributed by atoms with E-state index in [1.165, 1.54) is 28.2 Å². The van der Waals surface area contributed by atoms with Gasteiger partial charge in [-0.2, -0.15) is 0 Å². The second-order valence-electron chi connectivity index (χ2n) is 6.58. The molecule has 8 heteroatoms. The molecular formula is C21H27FIN3O2S. The molecular weight excluding hydrogens is 504 g/mol. The van der Waals surface area contributed by atoms with Gasteiger partial charge in [-0.3, -0.25) is 4.99 Å². The number of aryl methyl sites for hydroxylation is 1. The van der Waals surface area contributed by atoms with Crippen LogP contribution in [-0.2, 0) is 24.3 Å². The highest BCUT2D eigenvalue weighted by Gasteiger charge is 2.16. The number of hydrogen-bond donors (Lipinski definition) is 2. The number of fused-ring (bicyclic) bond motifs is 1. The summed E-state index contributed by atoms with van der Waals surface area (Å²) in [5.41, 5.74) is 4.08. The predicted octanol–water partition coefficient (Wildman–Crippen LogP) is 4.25. The van der Waals surface area contributed by atoms with Crippen LogP contribution in [0.15, 0.2) is 40.2 Å². The van der Waals surface area contributed by atoms with Gasteiger partial charge >= 0.3 is 0 Å². The van der Waals surface area contributed by atoms with Gasteiger partial charge in [0.1, 0.15) is 11.6 Å². The van der Waals surface area contributed by atoms with Crippen molar-refractivity contribution in [3.63, 3.8) is 0 Å². The molecule has 5 nitrogen and oxygen atoms in total. The van der Waals surface area contributed by atoms with Crippen LogP contribution in [0.5, 0.6) is 5.75 Å². The van der Waals surface area contributed by atoms with Crippen LogP contribution in [0.2, 0.25) is 0 Å². The summed E-state index contributed by atoms with van der Waals surface area (Å²) < 4.78 is 24.6. The molecule has 2 aromatic rings. The van der Waals surface area contributed by atoms with Crippen molar-refractivity contribution in [1.82, 2.24) is 10.6 Å². The number of nitrogens with zero attached hydrogens (tertiary/aromatic N) is 1. The lowest BCUT2D eigenvalue weighted by atomic mass is 10.1. The normalized spacial score (nSPS) is 13.2. The Morgan fingerprint density at radius 3 is 2.79 bits per heavy atom. The Bertz CT molecular complexity index is 864. The molecule has 29 heavy (non-hydrogen) atoms. The summed E-state index contributed by atoms with van der Waals surface area (Å²) >= 11 is 1.74. The number of rotatable bonds is 6. The summed E-state index contributed by atoms with van der Waals surface area (Å²) in [7, 11) is 1.74. The molecule has 0 radical (unpaired) electrons. The molecule has 1 aliphatic heterocycles. The Hall–Kier alpha value is -1.52. The van der Waals surface area contributed by atoms with Crippen molar-refractivity contribution in [3.8, 4) is 5.75 Å². The first-order chi connectivity index (χ1) is 13.6. The second kappa shape index (κ2) is 11.6. The fourth-order valence-corrected chi connectivity index (χ4v) is 3.86. The topological polar surface area (TPSA) is 54.9 Å². The van der Waals surface area contributed by atoms with Crippen LogP contribution >= 0.6 is 35.7 Å². The Kier molecular flexibility index (Phi) is 9.51. The Labute approximate surface area is 192 Å². The maximum Gasteiger partial charge on any atom is 0.191 e. The molecule has 0 fully saturated rings. The maximum atomic E-state index is 13.8. The largest absolute Gasteiger partial charge is 0.467 e. The van der Waals surface area contributed by atoms with Crippen molar-refractivity contribution in [3.05, 3.63) is 58.4 Å². The highest BCUT2D eigenvalue weighted by atomic mass is 127. The monoisotopic (exact) mass is 531 g/mol. The SMILES string of the molecule is CN=C(NCCc1cc(F)cc2c1OCOC2)NCc1ccc(C)cc1SC.I. The predicted molar refractivity (Wildman–Crippen MR) is 127 cm³/mol. The molecule has 0 spiro atoms. The first-order valence-electron chi connectivity index (χ1n) is 9.20. The minimum atomic E-state index is -0.269. The third kappa shape index (κ3) is 6.48. The van der Waals surface area contributed by atoms with E-state index in [1.807, 2.05) is 0 Å². The minimum Gasteiger partial charge on any atom is -0.467 e. The van der Waals surface area contributed by atoms with E-state index in [-0.39, 0.29) is 36.6 Å². The molecule has 2 N–H and O–H groups in total. The number of ether oxygens (including phenoxy) is 2. The minimum absolute atomic E-state index is 0. The summed E-state index contributed by atoms with van der Waals surface area (Å²) in [6.45, 7) is 3.98. The van der Waals surface area contributed by atoms with Gasteiger partial charge in [0, 0.05) is 30.6 Å². The van der Waals surface area contributed by atoms with Crippen molar-refractivity contribution in [1.29, 1.82) is 0 Å². The molecule has 0 atom stereocenters. The first-order valence-corrected chi connectivity index (χ1v) is 10.4. The van der Waals surface area contributed by atoms with Gasteiger partial charge in [0.25, 0.3) is 0 Å². The van der Waals surface area contributed by atoms with Crippen LogP contribution in [0.1, 0.15) is 22.3 Å². The average Bonchev–Trinajstić information content (AvgIpc) is 2.70. The molecule has 0 aliphatic carbocycles. The molecule has 1 heterocycles. The smallest absolute Gasteiger partial charge is 0.191 e. The highest BCUT2D eigenvalue weighted by molar-refractivity contribution is 14.0. The number of hydrogen-bond acceptors (Lipinski definition) is 4. The molecule has 0 saturated carbocycles. The van der Waals surface area contributed by atoms with Crippen LogP contribution in [-0.4, -0.2) is 32.6 Å². The van der Waals surface area contributed by atoms with E-state index >= 15 is 0 Å². The van der Waals surface area contributed by atoms with Gasteiger partial charge in [0.05, 0.1) is 6.61 Å². The molecule has 0 amide bonds. The van der Waals surface area contributed by atoms with E-state index in [4.69, 9.17) is 9.47 Å². The van der Waals surface area contributed by atoms with Gasteiger partial charge in [0.15, 0.2) is 12.8 Å². The fourth-order valence-electron chi connectivity index (χ4n) is 3.16. The Balaban J connectivity index is 0.00000300. The van der Waals surface area contributed by atoms with Gasteiger partial charge in [0.2, 0.25) is 0 Å². The zero-order valence-electron chi connectivity index (χ0n) is 16.9. The maximum absolute atomic E-state index is 13.8. The molecule has 0 unspecified atom stereocenters. The number of guanidine groups is 1. The number of aliphatic imine (C=N–C) groups is 1. The lowest BCUT2D eigenvalue weighted by Gasteiger charge is -2.21. The van der Waals surface area contributed by atoms with E-state index in [0.717, 1.165) is 16.9 Å². The molecule has 3 rings (SSSR count). The zero-order valence-corrected chi connectivity index (χ0v) is 20.0. The first kappa shape index (κ1) is 23.8. The standard InChI is InChI=1S/C21H26FN3O2S.HI/c1-14-4-5-16(19(8-14)28-3)11-25-21(23-2)24-7-6-15-9-18(22)10-17-12-26-13-27-20(15)17;/h4-5,8-10H,6-7,11-13H2,1-3H3,(H2,23,24,25);1H. The quantitative estimate of drug-likeness (QED) is 0.253. The van der Waals surface area contributed by atoms with Gasteiger partial charge < -0.3 is 20.1 Å². The fraction of sp³-hybridized carbons (Fsp3) is 0.381. The Morgan fingerprint density at radius 1 is 1.21 bits per heavy atom. The van der Waals surface area contributed by atoms with Gasteiger partial charge in [-0.25, -0.2) is 4.39 Å². The molecule has 158 valence electrons. The number of halogens is 2. The number of thioether (sulfide) groups is 1. The van der Waals surface area contributed by atoms with E-state index < -0.39 is 0 Å². The van der Waals surface area contributed by atoms with Crippen LogP contribution in [0.25, 0.3) is 0 Å². The van der Waals surface area contributed by atoms with Crippen LogP contribution in [0.3, 0.4) is 0 Å². The van der Waals surface area contributed by atoms with E-state index in [9.17, 15) is 4.39 Å². The van der Waals surface area contributed by atoms with Gasteiger partial charge in [-0.05, 0) is 54.5 Å². The Morgan fingerprint density at radius 2 is 2.03 bits per heavy atom. The third-order valence-electron chi connectivity index (χ3n) is 4.55. The summed E-state index contributed by atoms with van der Waals surface area (Å²) in [5, 5.41) is 6.63. The number of nitrogens with one attached hydrogen (secondary N) is 2. The van der Waals surface area contributed by atoms with E-state index in [1.54, 1.807) is 18.8 Å². The van der Waals surface area contributed by atoms with Gasteiger partial charge in [-0.1, -0.05) is 12.1 Å². The van der Waals surface area contributed by atoms with Crippen LogP contribution in [0.4, 0.5) is 4.39 Å². The second-order valence-corrected chi connectivity index (χ2v) is 7.43. The zero-order chi connectivity index (χ0) is 19.9. The average molecular weight is 531 g/mol. The van der Waals surface area contributed by atoms with E-state index in [0.29, 0.717) is 32.1 Å². The molecule has 0 bridgehead atoms. The van der Waals surface area contributed by atoms with Crippen molar-refractivity contribution < 1.29 is 13.9 Å². The molecule has 2 aromatic carbocycles. The van der Waals surface area contributed by atoms with E-state index in [2.05, 4.69) is 47.0 Å². The number of benzene rings is 2. The lowest BCUT2D eigenvalue weighted by Crippen LogP contribution is -2.38. The van der Waals surface area contributed by atoms with Crippen molar-refractivity contribution in [2.45, 2.75) is 31.4 Å². The summed E-state index contributed by atoms with van der Waals surface area (Å²) in [6.07, 6.45) is 2.71. The van der Waals surface area contributed by atoms with Crippen molar-refractivity contribution in [2.24, 2.45) is 4.99 Å². The molecule has 0 aromatic heterocycles. The molecule has 1 aliphatic rings. The highest BCUT2D eigenvalue weighted by Crippen LogP contribution is 2.29. The van der Waals surface area contributed by atoms with Crippen LogP contribution in [0, 0.1) is 12.7 Å². The summed E-state index contributed by atoms with van der Waals surface area (Å²) in [5.74, 6) is 1.18. The van der Waals surface area contributed by atoms with Crippen molar-refractivity contribution in [2.75, 3.05) is 26.6 Å². The van der Waals surface area contributed by atoms with Crippen LogP contribution < -0.4 is 15.4 Å². The summed E-state index contributed by atoms with van der Waals surface area (Å²) in [6, 6.07) is 9.44. The van der Waals surface area contributed by atoms with Gasteiger partial charge in [-0.15, -0.1) is 35.7 Å². The van der Waals surface area contributed by atoms with Crippen molar-refractivity contribution >= 4 is 41.7 Å². The third-order valence-corrected chi connectivity index (χ3v) is 5.37. The summed E-state index contributed by atoms with van der Waals surface area (Å²) in [4.78, 5) is 5.53.